The molecule has 0 radical (unpaired) electrons. The van der Waals surface area contributed by atoms with Gasteiger partial charge in [0, 0.05) is 27.4 Å². The largest absolute Gasteiger partial charge is 0.325 e. The number of anilines is 2. The lowest BCUT2D eigenvalue weighted by atomic mass is 10.1. The van der Waals surface area contributed by atoms with Crippen LogP contribution in [0.1, 0.15) is 26.7 Å². The first-order valence-electron chi connectivity index (χ1n) is 14.1. The summed E-state index contributed by atoms with van der Waals surface area (Å²) in [6.07, 6.45) is 1.19. The van der Waals surface area contributed by atoms with E-state index < -0.39 is 22.9 Å². The first kappa shape index (κ1) is 33.8. The summed E-state index contributed by atoms with van der Waals surface area (Å²) in [4.78, 5) is 40.5. The summed E-state index contributed by atoms with van der Waals surface area (Å²) in [6.45, 7) is 0. The van der Waals surface area contributed by atoms with Crippen molar-refractivity contribution in [3.8, 4) is 0 Å². The zero-order valence-electron chi connectivity index (χ0n) is 24.3. The third-order valence-electron chi connectivity index (χ3n) is 6.71. The summed E-state index contributed by atoms with van der Waals surface area (Å²) >= 11 is 19.7. The van der Waals surface area contributed by atoms with Gasteiger partial charge in [0.15, 0.2) is 0 Å². The first-order valence-corrected chi connectivity index (χ1v) is 16.1. The lowest BCUT2D eigenvalue weighted by Crippen LogP contribution is -2.30. The van der Waals surface area contributed by atoms with Crippen LogP contribution in [0.3, 0.4) is 0 Å². The van der Waals surface area contributed by atoms with E-state index in [1.54, 1.807) is 72.8 Å². The monoisotopic (exact) mass is 703 g/mol. The molecule has 0 aliphatic rings. The zero-order valence-corrected chi connectivity index (χ0v) is 27.4. The highest BCUT2D eigenvalue weighted by Crippen LogP contribution is 2.37. The molecule has 0 heterocycles. The third-order valence-corrected chi connectivity index (χ3v) is 9.05. The summed E-state index contributed by atoms with van der Waals surface area (Å²) in [5.74, 6) is -2.18. The topological polar surface area (TPSA) is 87.3 Å². The maximum Gasteiger partial charge on any atom is 0.272 e. The Labute approximate surface area is 289 Å². The van der Waals surface area contributed by atoms with Crippen LogP contribution in [0.25, 0.3) is 6.08 Å². The van der Waals surface area contributed by atoms with Gasteiger partial charge in [0.1, 0.15) is 16.8 Å². The molecule has 0 aromatic heterocycles. The molecule has 5 rings (SSSR count). The van der Waals surface area contributed by atoms with Crippen LogP contribution < -0.4 is 16.0 Å². The number of rotatable bonds is 10. The SMILES string of the molecule is O=C(Nc1ccc(SC(C(=O)Nc2ccc(Cl)c(Cl)c2)c2ccccc2)cc1)/C(=C/c1c(F)cccc1Cl)NC(=O)c1ccccc1. The molecule has 0 aliphatic carbocycles. The van der Waals surface area contributed by atoms with E-state index in [-0.39, 0.29) is 22.2 Å². The molecule has 3 N–H and O–H groups in total. The number of halogens is 4. The first-order chi connectivity index (χ1) is 22.7. The van der Waals surface area contributed by atoms with Crippen LogP contribution >= 0.6 is 46.6 Å². The van der Waals surface area contributed by atoms with Crippen LogP contribution in [0.2, 0.25) is 15.1 Å². The second-order valence-corrected chi connectivity index (χ2v) is 12.4. The molecular weight excluding hydrogens is 680 g/mol. The zero-order chi connectivity index (χ0) is 33.3. The van der Waals surface area contributed by atoms with Crippen molar-refractivity contribution < 1.29 is 18.8 Å². The van der Waals surface area contributed by atoms with Gasteiger partial charge in [-0.25, -0.2) is 4.39 Å². The Morgan fingerprint density at radius 2 is 1.34 bits per heavy atom. The molecule has 0 saturated carbocycles. The second-order valence-electron chi connectivity index (χ2n) is 10.0. The van der Waals surface area contributed by atoms with Crippen LogP contribution in [0, 0.1) is 5.82 Å². The Hall–Kier alpha value is -4.60. The summed E-state index contributed by atoms with van der Waals surface area (Å²) in [5.41, 5.74) is 1.73. The Kier molecular flexibility index (Phi) is 11.3. The minimum Gasteiger partial charge on any atom is -0.325 e. The molecule has 11 heteroatoms. The molecule has 0 saturated heterocycles. The van der Waals surface area contributed by atoms with E-state index in [1.807, 2.05) is 30.3 Å². The van der Waals surface area contributed by atoms with Gasteiger partial charge in [-0.1, -0.05) is 89.4 Å². The van der Waals surface area contributed by atoms with E-state index in [4.69, 9.17) is 34.8 Å². The molecule has 5 aromatic carbocycles. The Morgan fingerprint density at radius 1 is 0.681 bits per heavy atom. The van der Waals surface area contributed by atoms with E-state index in [2.05, 4.69) is 16.0 Å². The lowest BCUT2D eigenvalue weighted by Gasteiger charge is -2.18. The number of thioether (sulfide) groups is 1. The van der Waals surface area contributed by atoms with Crippen molar-refractivity contribution in [2.75, 3.05) is 10.6 Å². The van der Waals surface area contributed by atoms with Crippen molar-refractivity contribution in [1.29, 1.82) is 0 Å². The average molecular weight is 705 g/mol. The van der Waals surface area contributed by atoms with Crippen molar-refractivity contribution in [1.82, 2.24) is 5.32 Å². The number of carbonyl (C=O) groups is 3. The molecule has 236 valence electrons. The van der Waals surface area contributed by atoms with Gasteiger partial charge in [-0.3, -0.25) is 14.4 Å². The lowest BCUT2D eigenvalue weighted by molar-refractivity contribution is -0.116. The molecule has 0 aliphatic heterocycles. The molecule has 0 bridgehead atoms. The number of nitrogens with one attached hydrogen (secondary N) is 3. The Balaban J connectivity index is 1.35. The number of hydrogen-bond donors (Lipinski definition) is 3. The molecular formula is C36H25Cl3FN3O3S. The predicted molar refractivity (Wildman–Crippen MR) is 188 cm³/mol. The molecule has 6 nitrogen and oxygen atoms in total. The Morgan fingerprint density at radius 3 is 2.00 bits per heavy atom. The van der Waals surface area contributed by atoms with Crippen molar-refractivity contribution in [3.63, 3.8) is 0 Å². The van der Waals surface area contributed by atoms with Gasteiger partial charge < -0.3 is 16.0 Å². The highest BCUT2D eigenvalue weighted by molar-refractivity contribution is 8.00. The smallest absolute Gasteiger partial charge is 0.272 e. The number of hydrogen-bond acceptors (Lipinski definition) is 4. The summed E-state index contributed by atoms with van der Waals surface area (Å²) < 4.78 is 14.6. The fraction of sp³-hybridized carbons (Fsp3) is 0.0278. The quantitative estimate of drug-likeness (QED) is 0.0998. The van der Waals surface area contributed by atoms with Crippen LogP contribution in [0.15, 0.2) is 132 Å². The van der Waals surface area contributed by atoms with Crippen LogP contribution in [0.4, 0.5) is 15.8 Å². The van der Waals surface area contributed by atoms with E-state index in [0.29, 0.717) is 27.0 Å². The van der Waals surface area contributed by atoms with Crippen LogP contribution in [0.5, 0.6) is 0 Å². The highest BCUT2D eigenvalue weighted by atomic mass is 35.5. The maximum atomic E-state index is 14.6. The molecule has 0 spiro atoms. The van der Waals surface area contributed by atoms with E-state index >= 15 is 0 Å². The van der Waals surface area contributed by atoms with Gasteiger partial charge in [-0.2, -0.15) is 0 Å². The average Bonchev–Trinajstić information content (AvgIpc) is 3.08. The van der Waals surface area contributed by atoms with Crippen LogP contribution in [-0.2, 0) is 9.59 Å². The van der Waals surface area contributed by atoms with Crippen molar-refractivity contribution in [2.24, 2.45) is 0 Å². The van der Waals surface area contributed by atoms with E-state index in [1.165, 1.54) is 36.0 Å². The third kappa shape index (κ3) is 9.02. The summed E-state index contributed by atoms with van der Waals surface area (Å²) in [6, 6.07) is 33.4. The minimum atomic E-state index is -0.697. The maximum absolute atomic E-state index is 14.6. The van der Waals surface area contributed by atoms with Gasteiger partial charge in [-0.05, 0) is 78.4 Å². The van der Waals surface area contributed by atoms with Crippen molar-refractivity contribution in [3.05, 3.63) is 165 Å². The van der Waals surface area contributed by atoms with Crippen LogP contribution in [-0.4, -0.2) is 17.7 Å². The van der Waals surface area contributed by atoms with Gasteiger partial charge >= 0.3 is 0 Å². The highest BCUT2D eigenvalue weighted by Gasteiger charge is 2.23. The van der Waals surface area contributed by atoms with E-state index in [0.717, 1.165) is 10.5 Å². The molecule has 1 unspecified atom stereocenters. The molecule has 5 aromatic rings. The number of benzene rings is 5. The van der Waals surface area contributed by atoms with Gasteiger partial charge in [0.25, 0.3) is 11.8 Å². The fourth-order valence-electron chi connectivity index (χ4n) is 4.37. The number of carbonyl (C=O) groups excluding carboxylic acids is 3. The molecule has 1 atom stereocenters. The number of amides is 3. The van der Waals surface area contributed by atoms with Gasteiger partial charge in [0.05, 0.1) is 15.1 Å². The molecule has 0 fully saturated rings. The predicted octanol–water partition coefficient (Wildman–Crippen LogP) is 9.67. The Bertz CT molecular complexity index is 1920. The normalized spacial score (nSPS) is 11.8. The van der Waals surface area contributed by atoms with Crippen molar-refractivity contribution >= 4 is 81.7 Å². The molecule has 47 heavy (non-hydrogen) atoms. The molecule has 3 amide bonds. The second kappa shape index (κ2) is 15.8. The van der Waals surface area contributed by atoms with E-state index in [9.17, 15) is 18.8 Å². The standard InChI is InChI=1S/C36H25Cl3FN3O3S/c37-28-12-7-13-31(40)27(28)21-32(43-34(44)23-10-5-2-6-11-23)35(45)41-24-14-17-26(18-15-24)47-33(22-8-3-1-4-9-22)36(46)42-25-16-19-29(38)30(39)20-25/h1-21,33H,(H,41,45)(H,42,46)(H,43,44)/b32-21-. The van der Waals surface area contributed by atoms with Crippen molar-refractivity contribution in [2.45, 2.75) is 10.1 Å². The summed E-state index contributed by atoms with van der Waals surface area (Å²) in [7, 11) is 0. The fourth-order valence-corrected chi connectivity index (χ4v) is 5.91. The summed E-state index contributed by atoms with van der Waals surface area (Å²) in [5, 5.41) is 8.35. The van der Waals surface area contributed by atoms with Gasteiger partial charge in [-0.15, -0.1) is 11.8 Å². The minimum absolute atomic E-state index is 0.0504. The van der Waals surface area contributed by atoms with Gasteiger partial charge in [0.2, 0.25) is 5.91 Å².